The van der Waals surface area contributed by atoms with Crippen LogP contribution in [0, 0.1) is 6.92 Å². The lowest BCUT2D eigenvalue weighted by atomic mass is 10.1. The minimum absolute atomic E-state index is 0.369. The van der Waals surface area contributed by atoms with Crippen molar-refractivity contribution in [1.82, 2.24) is 14.8 Å². The molecule has 2 aromatic rings. The van der Waals surface area contributed by atoms with Crippen LogP contribution in [0.25, 0.3) is 0 Å². The quantitative estimate of drug-likeness (QED) is 0.921. The minimum Gasteiger partial charge on any atom is -0.481 e. The Hall–Kier alpha value is -1.59. The first-order valence-electron chi connectivity index (χ1n) is 6.47. The Labute approximate surface area is 123 Å². The van der Waals surface area contributed by atoms with Crippen LogP contribution < -0.4 is 4.74 Å². The SMILES string of the molecule is CCn1nc(C)c(Cl)c1CC(O)c1cccc(OC)n1. The number of methoxy groups -OCH3 is 1. The second-order valence-electron chi connectivity index (χ2n) is 4.49. The van der Waals surface area contributed by atoms with E-state index in [4.69, 9.17) is 16.3 Å². The van der Waals surface area contributed by atoms with E-state index in [0.717, 1.165) is 11.4 Å². The van der Waals surface area contributed by atoms with Crippen LogP contribution in [0.1, 0.15) is 30.1 Å². The molecule has 2 aromatic heterocycles. The topological polar surface area (TPSA) is 60.2 Å². The molecule has 1 N–H and O–H groups in total. The average molecular weight is 296 g/mol. The maximum atomic E-state index is 10.3. The predicted octanol–water partition coefficient (Wildman–Crippen LogP) is 2.54. The van der Waals surface area contributed by atoms with Crippen LogP contribution in [0.4, 0.5) is 0 Å². The van der Waals surface area contributed by atoms with E-state index < -0.39 is 6.10 Å². The van der Waals surface area contributed by atoms with E-state index in [1.165, 1.54) is 0 Å². The van der Waals surface area contributed by atoms with Crippen molar-refractivity contribution in [2.75, 3.05) is 7.11 Å². The molecule has 6 heteroatoms. The Morgan fingerprint density at radius 1 is 1.45 bits per heavy atom. The fraction of sp³-hybridized carbons (Fsp3) is 0.429. The first-order valence-corrected chi connectivity index (χ1v) is 6.85. The van der Waals surface area contributed by atoms with E-state index in [1.54, 1.807) is 30.0 Å². The molecule has 108 valence electrons. The summed E-state index contributed by atoms with van der Waals surface area (Å²) >= 11 is 6.24. The summed E-state index contributed by atoms with van der Waals surface area (Å²) in [6, 6.07) is 5.30. The fourth-order valence-electron chi connectivity index (χ4n) is 2.08. The largest absolute Gasteiger partial charge is 0.481 e. The minimum atomic E-state index is -0.746. The molecule has 0 aliphatic heterocycles. The van der Waals surface area contributed by atoms with Crippen LogP contribution in [0.5, 0.6) is 5.88 Å². The number of nitrogens with zero attached hydrogens (tertiary/aromatic N) is 3. The molecule has 0 aliphatic rings. The zero-order valence-corrected chi connectivity index (χ0v) is 12.6. The van der Waals surface area contributed by atoms with Crippen LogP contribution in [0.2, 0.25) is 5.02 Å². The molecule has 0 spiro atoms. The van der Waals surface area contributed by atoms with Gasteiger partial charge in [0, 0.05) is 19.0 Å². The van der Waals surface area contributed by atoms with Crippen molar-refractivity contribution >= 4 is 11.6 Å². The van der Waals surface area contributed by atoms with Gasteiger partial charge in [-0.25, -0.2) is 4.98 Å². The molecule has 2 rings (SSSR count). The van der Waals surface area contributed by atoms with Gasteiger partial charge >= 0.3 is 0 Å². The fourth-order valence-corrected chi connectivity index (χ4v) is 2.29. The van der Waals surface area contributed by atoms with E-state index in [-0.39, 0.29) is 0 Å². The summed E-state index contributed by atoms with van der Waals surface area (Å²) in [7, 11) is 1.55. The number of hydrogen-bond donors (Lipinski definition) is 1. The molecule has 5 nitrogen and oxygen atoms in total. The molecule has 0 bridgehead atoms. The molecule has 0 aromatic carbocycles. The van der Waals surface area contributed by atoms with E-state index in [1.807, 2.05) is 13.8 Å². The number of pyridine rings is 1. The summed E-state index contributed by atoms with van der Waals surface area (Å²) in [5.74, 6) is 0.479. The van der Waals surface area contributed by atoms with Crippen LogP contribution in [-0.4, -0.2) is 27.0 Å². The Morgan fingerprint density at radius 3 is 2.85 bits per heavy atom. The Kier molecular flexibility index (Phi) is 4.62. The Morgan fingerprint density at radius 2 is 2.20 bits per heavy atom. The number of halogens is 1. The summed E-state index contributed by atoms with van der Waals surface area (Å²) < 4.78 is 6.87. The van der Waals surface area contributed by atoms with Gasteiger partial charge in [-0.2, -0.15) is 5.10 Å². The normalized spacial score (nSPS) is 12.4. The highest BCUT2D eigenvalue weighted by Crippen LogP contribution is 2.26. The van der Waals surface area contributed by atoms with Crippen molar-refractivity contribution in [3.63, 3.8) is 0 Å². The highest BCUT2D eigenvalue weighted by molar-refractivity contribution is 6.31. The van der Waals surface area contributed by atoms with E-state index in [2.05, 4.69) is 10.1 Å². The zero-order valence-electron chi connectivity index (χ0n) is 11.8. The third-order valence-corrected chi connectivity index (χ3v) is 3.63. The van der Waals surface area contributed by atoms with Gasteiger partial charge < -0.3 is 9.84 Å². The molecule has 0 saturated carbocycles. The number of hydrogen-bond acceptors (Lipinski definition) is 4. The van der Waals surface area contributed by atoms with Gasteiger partial charge in [-0.3, -0.25) is 4.68 Å². The van der Waals surface area contributed by atoms with Crippen molar-refractivity contribution in [1.29, 1.82) is 0 Å². The lowest BCUT2D eigenvalue weighted by Crippen LogP contribution is -2.10. The van der Waals surface area contributed by atoms with Crippen molar-refractivity contribution in [3.8, 4) is 5.88 Å². The molecule has 0 amide bonds. The van der Waals surface area contributed by atoms with Crippen LogP contribution in [0.15, 0.2) is 18.2 Å². The molecular weight excluding hydrogens is 278 g/mol. The Balaban J connectivity index is 2.25. The van der Waals surface area contributed by atoms with Crippen LogP contribution in [-0.2, 0) is 13.0 Å². The number of ether oxygens (including phenoxy) is 1. The third-order valence-electron chi connectivity index (χ3n) is 3.14. The zero-order chi connectivity index (χ0) is 14.7. The van der Waals surface area contributed by atoms with Crippen molar-refractivity contribution in [2.24, 2.45) is 0 Å². The molecule has 2 heterocycles. The van der Waals surface area contributed by atoms with Crippen molar-refractivity contribution < 1.29 is 9.84 Å². The van der Waals surface area contributed by atoms with Crippen LogP contribution >= 0.6 is 11.6 Å². The number of aliphatic hydroxyl groups is 1. The molecule has 0 radical (unpaired) electrons. The summed E-state index contributed by atoms with van der Waals surface area (Å²) in [5, 5.41) is 15.3. The molecule has 20 heavy (non-hydrogen) atoms. The third kappa shape index (κ3) is 2.94. The maximum absolute atomic E-state index is 10.3. The van der Waals surface area contributed by atoms with Gasteiger partial charge in [0.15, 0.2) is 0 Å². The second-order valence-corrected chi connectivity index (χ2v) is 4.86. The maximum Gasteiger partial charge on any atom is 0.213 e. The molecule has 0 saturated heterocycles. The smallest absolute Gasteiger partial charge is 0.213 e. The van der Waals surface area contributed by atoms with Gasteiger partial charge in [-0.05, 0) is 19.9 Å². The molecular formula is C14H18ClN3O2. The van der Waals surface area contributed by atoms with Gasteiger partial charge in [0.1, 0.15) is 6.10 Å². The molecule has 0 aliphatic carbocycles. The standard InChI is InChI=1S/C14H18ClN3O2/c1-4-18-11(14(15)9(2)17-18)8-12(19)10-6-5-7-13(16-10)20-3/h5-7,12,19H,4,8H2,1-3H3. The Bertz CT molecular complexity index is 598. The van der Waals surface area contributed by atoms with Crippen molar-refractivity contribution in [3.05, 3.63) is 40.3 Å². The molecule has 1 atom stereocenters. The van der Waals surface area contributed by atoms with Crippen molar-refractivity contribution in [2.45, 2.75) is 32.9 Å². The van der Waals surface area contributed by atoms with Gasteiger partial charge in [0.25, 0.3) is 0 Å². The summed E-state index contributed by atoms with van der Waals surface area (Å²) in [4.78, 5) is 4.23. The highest BCUT2D eigenvalue weighted by atomic mass is 35.5. The number of aliphatic hydroxyl groups excluding tert-OH is 1. The van der Waals surface area contributed by atoms with Gasteiger partial charge in [-0.15, -0.1) is 0 Å². The summed E-state index contributed by atoms with van der Waals surface area (Å²) in [6.07, 6.45) is -0.378. The second kappa shape index (κ2) is 6.24. The van der Waals surface area contributed by atoms with E-state index in [0.29, 0.717) is 29.6 Å². The van der Waals surface area contributed by atoms with Gasteiger partial charge in [0.05, 0.1) is 29.2 Å². The lowest BCUT2D eigenvalue weighted by Gasteiger charge is -2.12. The summed E-state index contributed by atoms with van der Waals surface area (Å²) in [6.45, 7) is 4.55. The van der Waals surface area contributed by atoms with Gasteiger partial charge in [0.2, 0.25) is 5.88 Å². The predicted molar refractivity (Wildman–Crippen MR) is 77.1 cm³/mol. The van der Waals surface area contributed by atoms with E-state index in [9.17, 15) is 5.11 Å². The van der Waals surface area contributed by atoms with Gasteiger partial charge in [-0.1, -0.05) is 17.7 Å². The first-order chi connectivity index (χ1) is 9.56. The van der Waals surface area contributed by atoms with Crippen LogP contribution in [0.3, 0.4) is 0 Å². The summed E-state index contributed by atoms with van der Waals surface area (Å²) in [5.41, 5.74) is 2.15. The first kappa shape index (κ1) is 14.8. The number of rotatable bonds is 5. The lowest BCUT2D eigenvalue weighted by molar-refractivity contribution is 0.169. The molecule has 1 unspecified atom stereocenters. The number of aryl methyl sites for hydroxylation is 2. The highest BCUT2D eigenvalue weighted by Gasteiger charge is 2.18. The monoisotopic (exact) mass is 295 g/mol. The van der Waals surface area contributed by atoms with E-state index >= 15 is 0 Å². The average Bonchev–Trinajstić information content (AvgIpc) is 2.75. The number of aromatic nitrogens is 3. The molecule has 0 fully saturated rings.